The highest BCUT2D eigenvalue weighted by Gasteiger charge is 2.53. The van der Waals surface area contributed by atoms with Crippen molar-refractivity contribution in [3.63, 3.8) is 0 Å². The molecule has 38 heavy (non-hydrogen) atoms. The summed E-state index contributed by atoms with van der Waals surface area (Å²) >= 11 is 0. The number of nitrogens with one attached hydrogen (secondary N) is 2. The van der Waals surface area contributed by atoms with Gasteiger partial charge in [0.1, 0.15) is 18.2 Å². The molecular formula is C29H44N4O5. The van der Waals surface area contributed by atoms with Crippen LogP contribution in [-0.2, 0) is 25.7 Å². The number of piperazine rings is 1. The molecule has 0 unspecified atom stereocenters. The minimum absolute atomic E-state index is 0.0376. The van der Waals surface area contributed by atoms with Crippen LogP contribution < -0.4 is 10.6 Å². The van der Waals surface area contributed by atoms with E-state index in [9.17, 15) is 19.2 Å². The summed E-state index contributed by atoms with van der Waals surface area (Å²) in [5.41, 5.74) is 0.0567. The number of amides is 4. The number of hydrogen-bond donors (Lipinski definition) is 2. The van der Waals surface area contributed by atoms with Crippen molar-refractivity contribution in [3.8, 4) is 0 Å². The minimum Gasteiger partial charge on any atom is -0.445 e. The fourth-order valence-electron chi connectivity index (χ4n) is 5.36. The highest BCUT2D eigenvalue weighted by atomic mass is 16.5. The summed E-state index contributed by atoms with van der Waals surface area (Å²) in [6.07, 6.45) is 6.68. The number of ether oxygens (including phenoxy) is 1. The molecular weight excluding hydrogens is 484 g/mol. The second-order valence-electron chi connectivity index (χ2n) is 10.4. The van der Waals surface area contributed by atoms with E-state index in [1.165, 1.54) is 0 Å². The van der Waals surface area contributed by atoms with Crippen molar-refractivity contribution in [3.05, 3.63) is 35.9 Å². The highest BCUT2D eigenvalue weighted by molar-refractivity contribution is 6.00. The Kier molecular flexibility index (Phi) is 11.4. The Bertz CT molecular complexity index is 930. The molecule has 2 N–H and O–H groups in total. The van der Waals surface area contributed by atoms with Crippen LogP contribution in [0, 0.1) is 0 Å². The van der Waals surface area contributed by atoms with E-state index in [1.54, 1.807) is 4.90 Å². The van der Waals surface area contributed by atoms with Crippen LogP contribution in [0.15, 0.2) is 30.3 Å². The van der Waals surface area contributed by atoms with Crippen molar-refractivity contribution >= 4 is 23.8 Å². The molecule has 1 aromatic carbocycles. The van der Waals surface area contributed by atoms with Crippen LogP contribution in [0.2, 0.25) is 0 Å². The smallest absolute Gasteiger partial charge is 0.407 e. The number of unbranched alkanes of at least 4 members (excludes halogenated alkanes) is 3. The Balaban J connectivity index is 1.44. The van der Waals surface area contributed by atoms with E-state index in [1.807, 2.05) is 42.2 Å². The van der Waals surface area contributed by atoms with Gasteiger partial charge in [0.25, 0.3) is 0 Å². The van der Waals surface area contributed by atoms with Crippen molar-refractivity contribution in [2.45, 2.75) is 96.2 Å². The van der Waals surface area contributed by atoms with E-state index >= 15 is 0 Å². The van der Waals surface area contributed by atoms with Gasteiger partial charge in [-0.3, -0.25) is 14.4 Å². The normalized spacial score (nSPS) is 18.8. The van der Waals surface area contributed by atoms with Crippen LogP contribution in [0.4, 0.5) is 4.79 Å². The third-order valence-electron chi connectivity index (χ3n) is 7.60. The number of carbonyl (C=O) groups excluding carboxylic acids is 4. The quantitative estimate of drug-likeness (QED) is 0.379. The molecule has 2 heterocycles. The van der Waals surface area contributed by atoms with Gasteiger partial charge in [0, 0.05) is 32.6 Å². The van der Waals surface area contributed by atoms with Gasteiger partial charge in [-0.15, -0.1) is 0 Å². The van der Waals surface area contributed by atoms with E-state index in [0.717, 1.165) is 31.2 Å². The third-order valence-corrected chi connectivity index (χ3v) is 7.60. The first kappa shape index (κ1) is 29.5. The third kappa shape index (κ3) is 7.71. The van der Waals surface area contributed by atoms with E-state index in [2.05, 4.69) is 17.6 Å². The Hall–Kier alpha value is -3.10. The Labute approximate surface area is 226 Å². The molecule has 9 heteroatoms. The molecule has 0 aromatic heterocycles. The number of alkyl carbamates (subject to hydrolysis) is 1. The second kappa shape index (κ2) is 14.7. The van der Waals surface area contributed by atoms with E-state index < -0.39 is 17.7 Å². The number of rotatable bonds is 13. The molecule has 210 valence electrons. The van der Waals surface area contributed by atoms with Gasteiger partial charge in [0.05, 0.1) is 0 Å². The molecule has 0 aliphatic carbocycles. The first-order chi connectivity index (χ1) is 18.4. The predicted molar refractivity (Wildman–Crippen MR) is 145 cm³/mol. The Morgan fingerprint density at radius 1 is 1.03 bits per heavy atom. The monoisotopic (exact) mass is 528 g/mol. The van der Waals surface area contributed by atoms with Gasteiger partial charge in [0.2, 0.25) is 17.7 Å². The molecule has 1 atom stereocenters. The molecule has 1 aromatic rings. The fourth-order valence-corrected chi connectivity index (χ4v) is 5.36. The maximum Gasteiger partial charge on any atom is 0.407 e. The minimum atomic E-state index is -0.867. The summed E-state index contributed by atoms with van der Waals surface area (Å²) in [5.74, 6) is 0.00830. The maximum absolute atomic E-state index is 13.5. The summed E-state index contributed by atoms with van der Waals surface area (Å²) in [6.45, 7) is 6.32. The standard InChI is InChI=1S/C29H44N4O5/c1-3-5-7-15-25(34)32-20-16-29(17-21-32)27(36)31-24(26(35)33(29)19-4-2)14-10-11-18-30-28(37)38-22-23-12-8-6-9-13-23/h6,8-9,12-13,24H,3-5,7,10-11,14-22H2,1-2H3,(H,30,37)(H,31,36)/t24-/m0/s1. The Morgan fingerprint density at radius 2 is 1.76 bits per heavy atom. The van der Waals surface area contributed by atoms with Gasteiger partial charge in [-0.1, -0.05) is 57.0 Å². The first-order valence-electron chi connectivity index (χ1n) is 14.3. The van der Waals surface area contributed by atoms with Gasteiger partial charge in [-0.05, 0) is 50.5 Å². The summed E-state index contributed by atoms with van der Waals surface area (Å²) in [7, 11) is 0. The number of likely N-dealkylation sites (tertiary alicyclic amines) is 1. The number of piperidine rings is 1. The predicted octanol–water partition coefficient (Wildman–Crippen LogP) is 3.76. The van der Waals surface area contributed by atoms with Crippen LogP contribution in [0.1, 0.15) is 83.6 Å². The molecule has 2 aliphatic rings. The topological polar surface area (TPSA) is 108 Å². The number of hydrogen-bond acceptors (Lipinski definition) is 5. The summed E-state index contributed by atoms with van der Waals surface area (Å²) < 4.78 is 5.21. The van der Waals surface area contributed by atoms with Crippen LogP contribution in [0.5, 0.6) is 0 Å². The van der Waals surface area contributed by atoms with Crippen molar-refractivity contribution < 1.29 is 23.9 Å². The van der Waals surface area contributed by atoms with Crippen molar-refractivity contribution in [1.82, 2.24) is 20.4 Å². The zero-order valence-electron chi connectivity index (χ0n) is 23.0. The van der Waals surface area contributed by atoms with Crippen molar-refractivity contribution in [1.29, 1.82) is 0 Å². The lowest BCUT2D eigenvalue weighted by Gasteiger charge is -2.51. The van der Waals surface area contributed by atoms with Gasteiger partial charge < -0.3 is 25.2 Å². The van der Waals surface area contributed by atoms with E-state index in [4.69, 9.17) is 4.74 Å². The van der Waals surface area contributed by atoms with Crippen LogP contribution >= 0.6 is 0 Å². The summed E-state index contributed by atoms with van der Waals surface area (Å²) in [5, 5.41) is 5.73. The maximum atomic E-state index is 13.5. The van der Waals surface area contributed by atoms with Crippen molar-refractivity contribution in [2.24, 2.45) is 0 Å². The zero-order valence-corrected chi connectivity index (χ0v) is 23.0. The van der Waals surface area contributed by atoms with Gasteiger partial charge in [-0.25, -0.2) is 4.79 Å². The lowest BCUT2D eigenvalue weighted by molar-refractivity contribution is -0.162. The second-order valence-corrected chi connectivity index (χ2v) is 10.4. The average Bonchev–Trinajstić information content (AvgIpc) is 2.93. The largest absolute Gasteiger partial charge is 0.445 e. The molecule has 3 rings (SSSR count). The van der Waals surface area contributed by atoms with Crippen LogP contribution in [-0.4, -0.2) is 71.4 Å². The average molecular weight is 529 g/mol. The molecule has 4 amide bonds. The number of benzene rings is 1. The van der Waals surface area contributed by atoms with E-state index in [-0.39, 0.29) is 24.3 Å². The van der Waals surface area contributed by atoms with Gasteiger partial charge in [0.15, 0.2) is 0 Å². The highest BCUT2D eigenvalue weighted by Crippen LogP contribution is 2.34. The fraction of sp³-hybridized carbons (Fsp3) is 0.655. The summed E-state index contributed by atoms with van der Waals surface area (Å²) in [6, 6.07) is 8.93. The number of nitrogens with zero attached hydrogens (tertiary/aromatic N) is 2. The molecule has 0 radical (unpaired) electrons. The Morgan fingerprint density at radius 3 is 2.45 bits per heavy atom. The lowest BCUT2D eigenvalue weighted by Crippen LogP contribution is -2.73. The first-order valence-corrected chi connectivity index (χ1v) is 14.3. The van der Waals surface area contributed by atoms with Crippen LogP contribution in [0.25, 0.3) is 0 Å². The molecule has 9 nitrogen and oxygen atoms in total. The zero-order chi connectivity index (χ0) is 27.4. The molecule has 2 saturated heterocycles. The number of carbonyl (C=O) groups is 4. The molecule has 0 bridgehead atoms. The SMILES string of the molecule is CCCCCC(=O)N1CCC2(CC1)C(=O)N[C@@H](CCCCNC(=O)OCc1ccccc1)C(=O)N2CCC. The van der Waals surface area contributed by atoms with E-state index in [0.29, 0.717) is 64.7 Å². The molecule has 2 fully saturated rings. The molecule has 1 spiro atoms. The van der Waals surface area contributed by atoms with Crippen molar-refractivity contribution in [2.75, 3.05) is 26.2 Å². The molecule has 2 aliphatic heterocycles. The summed E-state index contributed by atoms with van der Waals surface area (Å²) in [4.78, 5) is 55.0. The van der Waals surface area contributed by atoms with Crippen LogP contribution in [0.3, 0.4) is 0 Å². The lowest BCUT2D eigenvalue weighted by atomic mass is 9.81. The molecule has 0 saturated carbocycles. The van der Waals surface area contributed by atoms with Gasteiger partial charge >= 0.3 is 6.09 Å². The van der Waals surface area contributed by atoms with Gasteiger partial charge in [-0.2, -0.15) is 0 Å².